The maximum atomic E-state index is 12.5. The molecule has 8 nitrogen and oxygen atoms in total. The molecule has 0 aromatic heterocycles. The van der Waals surface area contributed by atoms with Crippen LogP contribution in [0.4, 0.5) is 0 Å². The summed E-state index contributed by atoms with van der Waals surface area (Å²) in [5.41, 5.74) is 0.585. The van der Waals surface area contributed by atoms with Crippen LogP contribution in [-0.4, -0.2) is 44.4 Å². The smallest absolute Gasteiger partial charge is 0.327 e. The lowest BCUT2D eigenvalue weighted by Crippen LogP contribution is -2.35. The van der Waals surface area contributed by atoms with Gasteiger partial charge >= 0.3 is 5.97 Å². The first-order valence-corrected chi connectivity index (χ1v) is 10.6. The van der Waals surface area contributed by atoms with E-state index in [1.807, 2.05) is 0 Å². The Morgan fingerprint density at radius 2 is 1.93 bits per heavy atom. The van der Waals surface area contributed by atoms with Crippen molar-refractivity contribution in [2.45, 2.75) is 17.9 Å². The van der Waals surface area contributed by atoms with Crippen molar-refractivity contribution in [3.05, 3.63) is 52.5 Å². The third kappa shape index (κ3) is 3.63. The molecule has 152 valence electrons. The van der Waals surface area contributed by atoms with Crippen LogP contribution < -0.4 is 9.47 Å². The number of rotatable bonds is 4. The molecule has 2 aliphatic rings. The third-order valence-corrected chi connectivity index (χ3v) is 6.51. The summed E-state index contributed by atoms with van der Waals surface area (Å²) in [7, 11) is -4.07. The van der Waals surface area contributed by atoms with Gasteiger partial charge in [0.15, 0.2) is 11.5 Å². The normalized spacial score (nSPS) is 16.9. The number of esters is 1. The molecule has 2 heterocycles. The molecule has 0 bridgehead atoms. The van der Waals surface area contributed by atoms with Crippen LogP contribution >= 0.6 is 11.6 Å². The summed E-state index contributed by atoms with van der Waals surface area (Å²) >= 11 is 6.20. The largest absolute Gasteiger partial charge is 0.489 e. The molecule has 0 N–H and O–H groups in total. The van der Waals surface area contributed by atoms with Crippen LogP contribution in [0.2, 0.25) is 5.02 Å². The van der Waals surface area contributed by atoms with Crippen LogP contribution in [0.3, 0.4) is 0 Å². The summed E-state index contributed by atoms with van der Waals surface area (Å²) in [5.74, 6) is -0.728. The first kappa shape index (κ1) is 19.5. The zero-order valence-electron chi connectivity index (χ0n) is 15.1. The number of carbonyl (C=O) groups is 2. The second kappa shape index (κ2) is 7.57. The lowest BCUT2D eigenvalue weighted by molar-refractivity contribution is -0.144. The van der Waals surface area contributed by atoms with E-state index in [2.05, 4.69) is 0 Å². The number of hydrogen-bond acceptors (Lipinski definition) is 7. The van der Waals surface area contributed by atoms with Gasteiger partial charge in [-0.3, -0.25) is 9.59 Å². The van der Waals surface area contributed by atoms with Gasteiger partial charge < -0.3 is 14.2 Å². The lowest BCUT2D eigenvalue weighted by atomic mass is 10.2. The molecule has 2 aromatic rings. The zero-order chi connectivity index (χ0) is 20.6. The van der Waals surface area contributed by atoms with Crippen LogP contribution in [0.25, 0.3) is 0 Å². The number of hydrogen-bond donors (Lipinski definition) is 0. The van der Waals surface area contributed by atoms with Gasteiger partial charge in [-0.2, -0.15) is 0 Å². The fraction of sp³-hybridized carbons (Fsp3) is 0.263. The summed E-state index contributed by atoms with van der Waals surface area (Å²) in [6.45, 7) is 0.0855. The summed E-state index contributed by atoms with van der Waals surface area (Å²) in [5, 5.41) is 0.322. The van der Waals surface area contributed by atoms with E-state index in [-0.39, 0.29) is 17.1 Å². The second-order valence-electron chi connectivity index (χ2n) is 6.43. The van der Waals surface area contributed by atoms with Crippen LogP contribution in [0.1, 0.15) is 22.3 Å². The third-order valence-electron chi connectivity index (χ3n) is 4.45. The first-order valence-electron chi connectivity index (χ1n) is 8.77. The molecule has 0 fully saturated rings. The number of fused-ring (bicyclic) bond motifs is 2. The van der Waals surface area contributed by atoms with E-state index >= 15 is 0 Å². The Labute approximate surface area is 172 Å². The van der Waals surface area contributed by atoms with Crippen LogP contribution in [0.5, 0.6) is 11.5 Å². The van der Waals surface area contributed by atoms with Gasteiger partial charge in [0, 0.05) is 6.42 Å². The van der Waals surface area contributed by atoms with E-state index < -0.39 is 28.4 Å². The van der Waals surface area contributed by atoms with Gasteiger partial charge in [0.25, 0.3) is 15.9 Å². The van der Waals surface area contributed by atoms with Crippen LogP contribution in [-0.2, 0) is 26.2 Å². The summed E-state index contributed by atoms with van der Waals surface area (Å²) in [6, 6.07) is 9.03. The average molecular weight is 438 g/mol. The Kier molecular flexibility index (Phi) is 5.10. The zero-order valence-corrected chi connectivity index (χ0v) is 16.7. The SMILES string of the molecule is O=C(CN1C(=O)c2ccccc2S1(=O)=O)OCc1cc(Cl)c2c(c1)OCCCO2. The Morgan fingerprint density at radius 1 is 1.17 bits per heavy atom. The van der Waals surface area contributed by atoms with Crippen LogP contribution in [0.15, 0.2) is 41.3 Å². The second-order valence-corrected chi connectivity index (χ2v) is 8.67. The van der Waals surface area contributed by atoms with Crippen LogP contribution in [0, 0.1) is 0 Å². The molecule has 0 spiro atoms. The molecule has 0 unspecified atom stereocenters. The molecule has 0 radical (unpaired) electrons. The number of sulfonamides is 1. The fourth-order valence-electron chi connectivity index (χ4n) is 3.08. The van der Waals surface area contributed by atoms with Crippen molar-refractivity contribution in [3.63, 3.8) is 0 Å². The molecule has 0 aliphatic carbocycles. The number of benzene rings is 2. The number of ether oxygens (including phenoxy) is 3. The maximum Gasteiger partial charge on any atom is 0.327 e. The molecule has 1 amide bonds. The van der Waals surface area contributed by atoms with Crippen molar-refractivity contribution in [2.75, 3.05) is 19.8 Å². The predicted molar refractivity (Wildman–Crippen MR) is 102 cm³/mol. The minimum Gasteiger partial charge on any atom is -0.489 e. The lowest BCUT2D eigenvalue weighted by Gasteiger charge is -2.15. The van der Waals surface area contributed by atoms with Crippen molar-refractivity contribution in [2.24, 2.45) is 0 Å². The number of amides is 1. The molecular weight excluding hydrogens is 422 g/mol. The van der Waals surface area contributed by atoms with Gasteiger partial charge in [-0.1, -0.05) is 23.7 Å². The Hall–Kier alpha value is -2.78. The van der Waals surface area contributed by atoms with Crippen molar-refractivity contribution in [1.29, 1.82) is 0 Å². The highest BCUT2D eigenvalue weighted by Crippen LogP contribution is 2.38. The average Bonchev–Trinajstić information content (AvgIpc) is 2.88. The standard InChI is InChI=1S/C19H16ClNO7S/c20-14-8-12(9-15-18(14)27-7-3-6-26-15)11-28-17(22)10-21-19(23)13-4-1-2-5-16(13)29(21,24)25/h1-2,4-5,8-9H,3,6-7,10-11H2. The summed E-state index contributed by atoms with van der Waals surface area (Å²) in [6.07, 6.45) is 0.718. The monoisotopic (exact) mass is 437 g/mol. The van der Waals surface area contributed by atoms with Crippen molar-refractivity contribution in [1.82, 2.24) is 4.31 Å². The van der Waals surface area contributed by atoms with Gasteiger partial charge in [0.05, 0.1) is 23.8 Å². The first-order chi connectivity index (χ1) is 13.9. The Balaban J connectivity index is 1.45. The number of nitrogens with zero attached hydrogens (tertiary/aromatic N) is 1. The van der Waals surface area contributed by atoms with E-state index in [0.29, 0.717) is 39.6 Å². The van der Waals surface area contributed by atoms with E-state index in [9.17, 15) is 18.0 Å². The molecule has 2 aliphatic heterocycles. The minimum atomic E-state index is -4.07. The quantitative estimate of drug-likeness (QED) is 0.677. The molecular formula is C19H16ClNO7S. The van der Waals surface area contributed by atoms with Crippen molar-refractivity contribution >= 4 is 33.5 Å². The Bertz CT molecular complexity index is 1100. The van der Waals surface area contributed by atoms with Gasteiger partial charge in [0.1, 0.15) is 18.0 Å². The van der Waals surface area contributed by atoms with E-state index in [4.69, 9.17) is 25.8 Å². The topological polar surface area (TPSA) is 99.2 Å². The van der Waals surface area contributed by atoms with Gasteiger partial charge in [-0.25, -0.2) is 12.7 Å². The molecule has 0 atom stereocenters. The van der Waals surface area contributed by atoms with Gasteiger partial charge in [-0.15, -0.1) is 0 Å². The van der Waals surface area contributed by atoms with E-state index in [1.165, 1.54) is 18.2 Å². The van der Waals surface area contributed by atoms with E-state index in [1.54, 1.807) is 18.2 Å². The Morgan fingerprint density at radius 3 is 2.72 bits per heavy atom. The fourth-order valence-corrected chi connectivity index (χ4v) is 4.88. The molecule has 29 heavy (non-hydrogen) atoms. The highest BCUT2D eigenvalue weighted by atomic mass is 35.5. The highest BCUT2D eigenvalue weighted by molar-refractivity contribution is 7.90. The van der Waals surface area contributed by atoms with Crippen molar-refractivity contribution < 1.29 is 32.2 Å². The molecule has 0 saturated heterocycles. The van der Waals surface area contributed by atoms with Crippen molar-refractivity contribution in [3.8, 4) is 11.5 Å². The minimum absolute atomic E-state index is 0.0370. The molecule has 10 heteroatoms. The highest BCUT2D eigenvalue weighted by Gasteiger charge is 2.42. The van der Waals surface area contributed by atoms with Gasteiger partial charge in [-0.05, 0) is 29.8 Å². The molecule has 0 saturated carbocycles. The number of carbonyl (C=O) groups excluding carboxylic acids is 2. The molecule has 4 rings (SSSR count). The van der Waals surface area contributed by atoms with Gasteiger partial charge in [0.2, 0.25) is 0 Å². The van der Waals surface area contributed by atoms with E-state index in [0.717, 1.165) is 6.42 Å². The number of halogens is 1. The summed E-state index contributed by atoms with van der Waals surface area (Å²) in [4.78, 5) is 24.4. The molecule has 2 aromatic carbocycles. The maximum absolute atomic E-state index is 12.5. The predicted octanol–water partition coefficient (Wildman–Crippen LogP) is 2.39. The summed E-state index contributed by atoms with van der Waals surface area (Å²) < 4.78 is 41.8.